The number of sulfonamides is 1. The molecular formula is C18H16FN5O3S2. The second-order valence-electron chi connectivity index (χ2n) is 5.63. The average Bonchev–Trinajstić information content (AvgIpc) is 2.70. The van der Waals surface area contributed by atoms with E-state index < -0.39 is 15.8 Å². The molecule has 29 heavy (non-hydrogen) atoms. The molecule has 3 aromatic rings. The van der Waals surface area contributed by atoms with Crippen LogP contribution >= 0.6 is 12.2 Å². The van der Waals surface area contributed by atoms with Crippen LogP contribution in [0.4, 0.5) is 21.6 Å². The quantitative estimate of drug-likeness (QED) is 0.509. The minimum atomic E-state index is -3.86. The van der Waals surface area contributed by atoms with Crippen LogP contribution < -0.4 is 20.1 Å². The summed E-state index contributed by atoms with van der Waals surface area (Å²) in [6.45, 7) is 0. The first kappa shape index (κ1) is 20.4. The van der Waals surface area contributed by atoms with Gasteiger partial charge in [-0.05, 0) is 48.6 Å². The molecule has 0 aliphatic rings. The summed E-state index contributed by atoms with van der Waals surface area (Å²) in [5.74, 6) is -0.132. The average molecular weight is 433 g/mol. The molecule has 1 heterocycles. The lowest BCUT2D eigenvalue weighted by Crippen LogP contribution is -2.20. The summed E-state index contributed by atoms with van der Waals surface area (Å²) in [5, 5.41) is 5.76. The lowest BCUT2D eigenvalue weighted by molar-refractivity contribution is 0.397. The van der Waals surface area contributed by atoms with Gasteiger partial charge in [-0.15, -0.1) is 0 Å². The van der Waals surface area contributed by atoms with Crippen LogP contribution in [0.5, 0.6) is 5.88 Å². The Labute approximate surface area is 172 Å². The third-order valence-corrected chi connectivity index (χ3v) is 5.21. The molecule has 2 aromatic carbocycles. The number of para-hydroxylation sites is 1. The first-order valence-electron chi connectivity index (χ1n) is 8.19. The zero-order valence-corrected chi connectivity index (χ0v) is 16.7. The van der Waals surface area contributed by atoms with Gasteiger partial charge in [0.1, 0.15) is 18.0 Å². The first-order valence-corrected chi connectivity index (χ1v) is 10.1. The Bertz CT molecular complexity index is 1120. The Morgan fingerprint density at radius 1 is 1.07 bits per heavy atom. The van der Waals surface area contributed by atoms with Crippen LogP contribution in [0, 0.1) is 5.82 Å². The van der Waals surface area contributed by atoms with Gasteiger partial charge in [-0.1, -0.05) is 12.1 Å². The number of benzene rings is 2. The van der Waals surface area contributed by atoms with Crippen molar-refractivity contribution in [2.45, 2.75) is 4.90 Å². The molecule has 0 aliphatic carbocycles. The van der Waals surface area contributed by atoms with Crippen molar-refractivity contribution < 1.29 is 17.5 Å². The van der Waals surface area contributed by atoms with Crippen molar-refractivity contribution in [3.63, 3.8) is 0 Å². The van der Waals surface area contributed by atoms with E-state index in [-0.39, 0.29) is 27.4 Å². The smallest absolute Gasteiger partial charge is 0.263 e. The van der Waals surface area contributed by atoms with E-state index in [0.29, 0.717) is 5.69 Å². The first-order chi connectivity index (χ1) is 13.9. The highest BCUT2D eigenvalue weighted by atomic mass is 32.2. The standard InChI is InChI=1S/C18H16FN5O3S2/c1-27-17-10-16(20-11-21-17)24-29(25,26)13-8-6-12(7-9-13)22-18(28)23-15-5-3-2-4-14(15)19/h2-11H,1H3,(H,20,21,24)(H2,22,23,28). The van der Waals surface area contributed by atoms with Gasteiger partial charge < -0.3 is 15.4 Å². The van der Waals surface area contributed by atoms with Gasteiger partial charge in [-0.2, -0.15) is 0 Å². The molecule has 3 N–H and O–H groups in total. The van der Waals surface area contributed by atoms with Crippen molar-refractivity contribution in [1.82, 2.24) is 9.97 Å². The summed E-state index contributed by atoms with van der Waals surface area (Å²) < 4.78 is 46.0. The van der Waals surface area contributed by atoms with Crippen LogP contribution in [-0.4, -0.2) is 30.6 Å². The molecule has 0 radical (unpaired) electrons. The molecular weight excluding hydrogens is 417 g/mol. The van der Waals surface area contributed by atoms with Gasteiger partial charge in [0, 0.05) is 11.8 Å². The summed E-state index contributed by atoms with van der Waals surface area (Å²) >= 11 is 5.15. The molecule has 150 valence electrons. The Kier molecular flexibility index (Phi) is 6.20. The van der Waals surface area contributed by atoms with E-state index in [2.05, 4.69) is 25.3 Å². The van der Waals surface area contributed by atoms with E-state index in [4.69, 9.17) is 17.0 Å². The van der Waals surface area contributed by atoms with Gasteiger partial charge in [0.05, 0.1) is 17.7 Å². The summed E-state index contributed by atoms with van der Waals surface area (Å²) in [6, 6.07) is 13.3. The maximum absolute atomic E-state index is 13.7. The lowest BCUT2D eigenvalue weighted by atomic mass is 10.3. The lowest BCUT2D eigenvalue weighted by Gasteiger charge is -2.12. The minimum Gasteiger partial charge on any atom is -0.481 e. The number of anilines is 3. The third kappa shape index (κ3) is 5.36. The molecule has 11 heteroatoms. The second-order valence-corrected chi connectivity index (χ2v) is 7.73. The van der Waals surface area contributed by atoms with E-state index >= 15 is 0 Å². The molecule has 0 amide bonds. The van der Waals surface area contributed by atoms with E-state index in [1.807, 2.05) is 0 Å². The molecule has 0 unspecified atom stereocenters. The molecule has 8 nitrogen and oxygen atoms in total. The number of rotatable bonds is 6. The van der Waals surface area contributed by atoms with Crippen molar-refractivity contribution >= 4 is 44.5 Å². The Balaban J connectivity index is 1.67. The van der Waals surface area contributed by atoms with Crippen LogP contribution in [0.2, 0.25) is 0 Å². The van der Waals surface area contributed by atoms with Gasteiger partial charge in [-0.25, -0.2) is 22.8 Å². The molecule has 0 atom stereocenters. The molecule has 1 aromatic heterocycles. The monoisotopic (exact) mass is 433 g/mol. The number of hydrogen-bond acceptors (Lipinski definition) is 6. The van der Waals surface area contributed by atoms with Crippen molar-refractivity contribution in [2.75, 3.05) is 22.5 Å². The Morgan fingerprint density at radius 2 is 1.79 bits per heavy atom. The minimum absolute atomic E-state index is 0.0219. The number of methoxy groups -OCH3 is 1. The fraction of sp³-hybridized carbons (Fsp3) is 0.0556. The summed E-state index contributed by atoms with van der Waals surface area (Å²) in [6.07, 6.45) is 1.19. The second kappa shape index (κ2) is 8.80. The van der Waals surface area contributed by atoms with Crippen molar-refractivity contribution in [3.8, 4) is 5.88 Å². The van der Waals surface area contributed by atoms with Crippen LogP contribution in [0.25, 0.3) is 0 Å². The Hall–Kier alpha value is -3.31. The molecule has 3 rings (SSSR count). The molecule has 0 spiro atoms. The number of ether oxygens (including phenoxy) is 1. The van der Waals surface area contributed by atoms with E-state index in [1.165, 1.54) is 49.8 Å². The van der Waals surface area contributed by atoms with E-state index in [9.17, 15) is 12.8 Å². The van der Waals surface area contributed by atoms with Gasteiger partial charge in [0.25, 0.3) is 10.0 Å². The highest BCUT2D eigenvalue weighted by Gasteiger charge is 2.15. The summed E-state index contributed by atoms with van der Waals surface area (Å²) in [5.41, 5.74) is 0.759. The maximum atomic E-state index is 13.7. The molecule has 0 bridgehead atoms. The van der Waals surface area contributed by atoms with Gasteiger partial charge >= 0.3 is 0 Å². The largest absolute Gasteiger partial charge is 0.481 e. The fourth-order valence-corrected chi connectivity index (χ4v) is 3.50. The van der Waals surface area contributed by atoms with Crippen molar-refractivity contribution in [2.24, 2.45) is 0 Å². The van der Waals surface area contributed by atoms with Gasteiger partial charge in [0.15, 0.2) is 5.11 Å². The number of thiocarbonyl (C=S) groups is 1. The van der Waals surface area contributed by atoms with Crippen LogP contribution in [0.15, 0.2) is 65.8 Å². The fourth-order valence-electron chi connectivity index (χ4n) is 2.27. The molecule has 0 fully saturated rings. The van der Waals surface area contributed by atoms with E-state index in [1.54, 1.807) is 18.2 Å². The number of aromatic nitrogens is 2. The predicted molar refractivity (Wildman–Crippen MR) is 112 cm³/mol. The molecule has 0 saturated heterocycles. The third-order valence-electron chi connectivity index (χ3n) is 3.63. The predicted octanol–water partition coefficient (Wildman–Crippen LogP) is 3.23. The van der Waals surface area contributed by atoms with Gasteiger partial charge in [0.2, 0.25) is 5.88 Å². The van der Waals surface area contributed by atoms with Crippen LogP contribution in [0.1, 0.15) is 0 Å². The van der Waals surface area contributed by atoms with Crippen molar-refractivity contribution in [3.05, 3.63) is 66.7 Å². The SMILES string of the molecule is COc1cc(NS(=O)(=O)c2ccc(NC(=S)Nc3ccccc3F)cc2)ncn1. The number of hydrogen-bond donors (Lipinski definition) is 3. The van der Waals surface area contributed by atoms with Gasteiger partial charge in [-0.3, -0.25) is 4.72 Å². The Morgan fingerprint density at radius 3 is 2.48 bits per heavy atom. The molecule has 0 saturated carbocycles. The normalized spacial score (nSPS) is 10.8. The molecule has 0 aliphatic heterocycles. The number of nitrogens with one attached hydrogen (secondary N) is 3. The van der Waals surface area contributed by atoms with E-state index in [0.717, 1.165) is 0 Å². The summed E-state index contributed by atoms with van der Waals surface area (Å²) in [4.78, 5) is 7.69. The van der Waals surface area contributed by atoms with Crippen LogP contribution in [-0.2, 0) is 10.0 Å². The maximum Gasteiger partial charge on any atom is 0.263 e. The topological polar surface area (TPSA) is 105 Å². The van der Waals surface area contributed by atoms with Crippen LogP contribution in [0.3, 0.4) is 0 Å². The van der Waals surface area contributed by atoms with Crippen molar-refractivity contribution in [1.29, 1.82) is 0 Å². The zero-order chi connectivity index (χ0) is 20.9. The summed E-state index contributed by atoms with van der Waals surface area (Å²) in [7, 11) is -2.44. The zero-order valence-electron chi connectivity index (χ0n) is 15.1. The number of nitrogens with zero attached hydrogens (tertiary/aromatic N) is 2. The highest BCUT2D eigenvalue weighted by molar-refractivity contribution is 7.92. The number of halogens is 1. The highest BCUT2D eigenvalue weighted by Crippen LogP contribution is 2.19.